The van der Waals surface area contributed by atoms with Gasteiger partial charge in [-0.3, -0.25) is 4.99 Å². The molecule has 0 aromatic carbocycles. The first-order valence-corrected chi connectivity index (χ1v) is 8.48. The standard InChI is InChI=1S/C13H24N4S2/c1-6-10-7-15-11(19-10)8-16-12(14-4)17-9-13(2,3)18-5/h7H,6,8-9H2,1-5H3,(H2,14,16,17). The van der Waals surface area contributed by atoms with Crippen LogP contribution in [0.2, 0.25) is 0 Å². The number of thioether (sulfide) groups is 1. The minimum absolute atomic E-state index is 0.203. The number of nitrogens with zero attached hydrogens (tertiary/aromatic N) is 2. The Morgan fingerprint density at radius 3 is 2.74 bits per heavy atom. The molecular formula is C13H24N4S2. The van der Waals surface area contributed by atoms with Crippen LogP contribution >= 0.6 is 23.1 Å². The predicted molar refractivity (Wildman–Crippen MR) is 87.3 cm³/mol. The van der Waals surface area contributed by atoms with Gasteiger partial charge in [0.2, 0.25) is 0 Å². The Balaban J connectivity index is 2.41. The van der Waals surface area contributed by atoms with Crippen molar-refractivity contribution in [2.45, 2.75) is 38.5 Å². The van der Waals surface area contributed by atoms with Gasteiger partial charge < -0.3 is 10.6 Å². The first-order chi connectivity index (χ1) is 9.00. The third-order valence-corrected chi connectivity index (χ3v) is 5.21. The lowest BCUT2D eigenvalue weighted by Gasteiger charge is -2.23. The molecule has 0 spiro atoms. The summed E-state index contributed by atoms with van der Waals surface area (Å²) in [5.41, 5.74) is 0. The molecule has 108 valence electrons. The summed E-state index contributed by atoms with van der Waals surface area (Å²) in [4.78, 5) is 9.94. The maximum atomic E-state index is 4.39. The van der Waals surface area contributed by atoms with Gasteiger partial charge in [0, 0.05) is 29.4 Å². The van der Waals surface area contributed by atoms with E-state index >= 15 is 0 Å². The van der Waals surface area contributed by atoms with E-state index in [1.807, 2.05) is 18.0 Å². The van der Waals surface area contributed by atoms with E-state index < -0.39 is 0 Å². The normalized spacial score (nSPS) is 12.6. The topological polar surface area (TPSA) is 49.3 Å². The minimum Gasteiger partial charge on any atom is -0.355 e. The lowest BCUT2D eigenvalue weighted by atomic mass is 10.2. The van der Waals surface area contributed by atoms with Crippen molar-refractivity contribution in [2.75, 3.05) is 19.8 Å². The summed E-state index contributed by atoms with van der Waals surface area (Å²) < 4.78 is 0.203. The number of thiazole rings is 1. The maximum absolute atomic E-state index is 4.39. The zero-order valence-electron chi connectivity index (χ0n) is 12.4. The van der Waals surface area contributed by atoms with Crippen molar-refractivity contribution in [3.05, 3.63) is 16.1 Å². The summed E-state index contributed by atoms with van der Waals surface area (Å²) in [5.74, 6) is 0.829. The highest BCUT2D eigenvalue weighted by Gasteiger charge is 2.16. The molecule has 1 aromatic rings. The third kappa shape index (κ3) is 5.82. The van der Waals surface area contributed by atoms with E-state index in [1.54, 1.807) is 18.4 Å². The van der Waals surface area contributed by atoms with Crippen LogP contribution in [0.5, 0.6) is 0 Å². The van der Waals surface area contributed by atoms with E-state index in [0.717, 1.165) is 30.5 Å². The van der Waals surface area contributed by atoms with E-state index in [4.69, 9.17) is 0 Å². The van der Waals surface area contributed by atoms with Crippen molar-refractivity contribution in [1.29, 1.82) is 0 Å². The van der Waals surface area contributed by atoms with Gasteiger partial charge in [-0.05, 0) is 26.5 Å². The van der Waals surface area contributed by atoms with Crippen molar-refractivity contribution in [3.8, 4) is 0 Å². The smallest absolute Gasteiger partial charge is 0.191 e. The molecule has 0 amide bonds. The second kappa shape index (κ2) is 7.75. The van der Waals surface area contributed by atoms with Crippen LogP contribution in [-0.2, 0) is 13.0 Å². The van der Waals surface area contributed by atoms with E-state index in [1.165, 1.54) is 4.88 Å². The Labute approximate surface area is 124 Å². The summed E-state index contributed by atoms with van der Waals surface area (Å²) in [6.45, 7) is 8.18. The summed E-state index contributed by atoms with van der Waals surface area (Å²) in [5, 5.41) is 7.74. The molecule has 0 aliphatic carbocycles. The summed E-state index contributed by atoms with van der Waals surface area (Å²) in [6, 6.07) is 0. The zero-order chi connectivity index (χ0) is 14.3. The molecule has 19 heavy (non-hydrogen) atoms. The highest BCUT2D eigenvalue weighted by Crippen LogP contribution is 2.19. The molecule has 0 radical (unpaired) electrons. The van der Waals surface area contributed by atoms with Crippen molar-refractivity contribution >= 4 is 29.1 Å². The van der Waals surface area contributed by atoms with Gasteiger partial charge in [-0.1, -0.05) is 6.92 Å². The molecule has 6 heteroatoms. The number of aryl methyl sites for hydroxylation is 1. The molecule has 1 rings (SSSR count). The Bertz CT molecular complexity index is 413. The summed E-state index contributed by atoms with van der Waals surface area (Å²) in [7, 11) is 1.79. The number of nitrogens with one attached hydrogen (secondary N) is 2. The molecule has 1 heterocycles. The monoisotopic (exact) mass is 300 g/mol. The molecule has 0 aliphatic heterocycles. The molecule has 0 saturated heterocycles. The van der Waals surface area contributed by atoms with Gasteiger partial charge >= 0.3 is 0 Å². The lowest BCUT2D eigenvalue weighted by Crippen LogP contribution is -2.42. The Kier molecular flexibility index (Phi) is 6.65. The fourth-order valence-electron chi connectivity index (χ4n) is 1.34. The van der Waals surface area contributed by atoms with Gasteiger partial charge in [-0.15, -0.1) is 11.3 Å². The third-order valence-electron chi connectivity index (χ3n) is 2.81. The van der Waals surface area contributed by atoms with Crippen LogP contribution in [0.25, 0.3) is 0 Å². The number of aliphatic imine (C=N–C) groups is 1. The van der Waals surface area contributed by atoms with Crippen LogP contribution in [0.3, 0.4) is 0 Å². The van der Waals surface area contributed by atoms with Crippen LogP contribution in [0.4, 0.5) is 0 Å². The van der Waals surface area contributed by atoms with Crippen LogP contribution in [-0.4, -0.2) is 35.5 Å². The zero-order valence-corrected chi connectivity index (χ0v) is 14.0. The minimum atomic E-state index is 0.203. The molecule has 0 bridgehead atoms. The molecule has 0 fully saturated rings. The lowest BCUT2D eigenvalue weighted by molar-refractivity contribution is 0.664. The SMILES string of the molecule is CCc1cnc(CNC(=NC)NCC(C)(C)SC)s1. The molecule has 0 saturated carbocycles. The second-order valence-electron chi connectivity index (χ2n) is 4.82. The van der Waals surface area contributed by atoms with E-state index in [-0.39, 0.29) is 4.75 Å². The average Bonchev–Trinajstić information content (AvgIpc) is 2.87. The van der Waals surface area contributed by atoms with Crippen molar-refractivity contribution in [3.63, 3.8) is 0 Å². The number of aromatic nitrogens is 1. The highest BCUT2D eigenvalue weighted by molar-refractivity contribution is 7.99. The summed E-state index contributed by atoms with van der Waals surface area (Å²) >= 11 is 3.60. The fourth-order valence-corrected chi connectivity index (χ4v) is 2.36. The molecular weight excluding hydrogens is 276 g/mol. The number of hydrogen-bond acceptors (Lipinski definition) is 4. The van der Waals surface area contributed by atoms with Gasteiger partial charge in [-0.2, -0.15) is 11.8 Å². The highest BCUT2D eigenvalue weighted by atomic mass is 32.2. The Morgan fingerprint density at radius 1 is 1.47 bits per heavy atom. The van der Waals surface area contributed by atoms with Crippen molar-refractivity contribution in [1.82, 2.24) is 15.6 Å². The first kappa shape index (κ1) is 16.3. The largest absolute Gasteiger partial charge is 0.355 e. The molecule has 0 atom stereocenters. The van der Waals surface area contributed by atoms with E-state index in [9.17, 15) is 0 Å². The molecule has 4 nitrogen and oxygen atoms in total. The van der Waals surface area contributed by atoms with Gasteiger partial charge in [0.25, 0.3) is 0 Å². The number of guanidine groups is 1. The Morgan fingerprint density at radius 2 is 2.21 bits per heavy atom. The van der Waals surface area contributed by atoms with Crippen LogP contribution in [0, 0.1) is 0 Å². The first-order valence-electron chi connectivity index (χ1n) is 6.44. The van der Waals surface area contributed by atoms with Gasteiger partial charge in [0.05, 0.1) is 6.54 Å². The van der Waals surface area contributed by atoms with Gasteiger partial charge in [-0.25, -0.2) is 4.98 Å². The number of rotatable bonds is 6. The van der Waals surface area contributed by atoms with Gasteiger partial charge in [0.15, 0.2) is 5.96 Å². The Hall–Kier alpha value is -0.750. The number of hydrogen-bond donors (Lipinski definition) is 2. The van der Waals surface area contributed by atoms with Crippen molar-refractivity contribution < 1.29 is 0 Å². The summed E-state index contributed by atoms with van der Waals surface area (Å²) in [6.07, 6.45) is 5.13. The predicted octanol–water partition coefficient (Wildman–Crippen LogP) is 2.51. The molecule has 1 aromatic heterocycles. The quantitative estimate of drug-likeness (QED) is 0.626. The van der Waals surface area contributed by atoms with E-state index in [0.29, 0.717) is 0 Å². The van der Waals surface area contributed by atoms with E-state index in [2.05, 4.69) is 47.6 Å². The van der Waals surface area contributed by atoms with Crippen LogP contribution < -0.4 is 10.6 Å². The average molecular weight is 300 g/mol. The van der Waals surface area contributed by atoms with Crippen molar-refractivity contribution in [2.24, 2.45) is 4.99 Å². The fraction of sp³-hybridized carbons (Fsp3) is 0.692. The molecule has 2 N–H and O–H groups in total. The van der Waals surface area contributed by atoms with Crippen LogP contribution in [0.15, 0.2) is 11.2 Å². The molecule has 0 unspecified atom stereocenters. The maximum Gasteiger partial charge on any atom is 0.191 e. The van der Waals surface area contributed by atoms with Gasteiger partial charge in [0.1, 0.15) is 5.01 Å². The molecule has 0 aliphatic rings. The van der Waals surface area contributed by atoms with Crippen LogP contribution in [0.1, 0.15) is 30.7 Å². The second-order valence-corrected chi connectivity index (χ2v) is 7.53.